The van der Waals surface area contributed by atoms with E-state index >= 15 is 4.79 Å². The maximum Gasteiger partial charge on any atom is 0.435 e. The highest BCUT2D eigenvalue weighted by atomic mass is 16.6. The second kappa shape index (κ2) is 14.0. The molecule has 2 amide bonds. The summed E-state index contributed by atoms with van der Waals surface area (Å²) in [5, 5.41) is 14.7. The van der Waals surface area contributed by atoms with Crippen molar-refractivity contribution >= 4 is 40.2 Å². The molecule has 0 bridgehead atoms. The molecule has 7 rings (SSSR count). The Labute approximate surface area is 306 Å². The van der Waals surface area contributed by atoms with Crippen LogP contribution in [0.25, 0.3) is 28.0 Å². The van der Waals surface area contributed by atoms with Crippen LogP contribution in [0.4, 0.5) is 16.2 Å². The van der Waals surface area contributed by atoms with Crippen molar-refractivity contribution in [3.63, 3.8) is 0 Å². The number of para-hydroxylation sites is 3. The van der Waals surface area contributed by atoms with Crippen molar-refractivity contribution in [3.05, 3.63) is 109 Å². The second-order valence-corrected chi connectivity index (χ2v) is 14.0. The average molecular weight is 713 g/mol. The Kier molecular flexibility index (Phi) is 9.25. The lowest BCUT2D eigenvalue weighted by molar-refractivity contribution is -0.123. The number of benzene rings is 3. The Morgan fingerprint density at radius 1 is 0.887 bits per heavy atom. The van der Waals surface area contributed by atoms with Crippen molar-refractivity contribution in [3.8, 4) is 23.0 Å². The van der Waals surface area contributed by atoms with Gasteiger partial charge in [-0.2, -0.15) is 9.78 Å². The molecule has 6 aromatic rings. The number of ether oxygens (including phenoxy) is 2. The van der Waals surface area contributed by atoms with Gasteiger partial charge in [0.05, 0.1) is 41.6 Å². The lowest BCUT2D eigenvalue weighted by Gasteiger charge is -2.31. The number of aromatic nitrogens is 6. The van der Waals surface area contributed by atoms with Gasteiger partial charge in [0.1, 0.15) is 18.1 Å². The van der Waals surface area contributed by atoms with Gasteiger partial charge < -0.3 is 19.3 Å². The van der Waals surface area contributed by atoms with Crippen molar-refractivity contribution < 1.29 is 23.9 Å². The standard InChI is InChI=1S/C40H40N8O5/c1-25(2)46(27-20-21-34(52-6)41-23-27)35(49)24-45-32-18-12-13-19-33(32)47-36(26-14-8-7-9-15-26)42-43-37(47)29(38(45)50)22-30-28-16-10-11-17-31(28)48(44-30)39(51)53-40(3,4)5/h7-21,23,25,29H,22,24H2,1-6H3. The first-order chi connectivity index (χ1) is 25.4. The van der Waals surface area contributed by atoms with Crippen LogP contribution in [0.1, 0.15) is 52.1 Å². The minimum Gasteiger partial charge on any atom is -0.481 e. The van der Waals surface area contributed by atoms with Crippen molar-refractivity contribution in [2.45, 2.75) is 58.6 Å². The normalized spacial score (nSPS) is 14.1. The summed E-state index contributed by atoms with van der Waals surface area (Å²) >= 11 is 0. The Balaban J connectivity index is 1.37. The third-order valence-corrected chi connectivity index (χ3v) is 8.92. The molecular formula is C40H40N8O5. The number of carbonyl (C=O) groups excluding carboxylic acids is 3. The fourth-order valence-corrected chi connectivity index (χ4v) is 6.67. The number of fused-ring (bicyclic) bond motifs is 4. The van der Waals surface area contributed by atoms with E-state index in [1.165, 1.54) is 16.7 Å². The summed E-state index contributed by atoms with van der Waals surface area (Å²) in [7, 11) is 1.53. The van der Waals surface area contributed by atoms with Gasteiger partial charge in [0.15, 0.2) is 11.6 Å². The van der Waals surface area contributed by atoms with Gasteiger partial charge in [0.25, 0.3) is 0 Å². The molecule has 0 saturated carbocycles. The number of hydrogen-bond donors (Lipinski definition) is 0. The molecule has 1 atom stereocenters. The molecule has 1 unspecified atom stereocenters. The average Bonchev–Trinajstić information content (AvgIpc) is 3.72. The smallest absolute Gasteiger partial charge is 0.435 e. The summed E-state index contributed by atoms with van der Waals surface area (Å²) < 4.78 is 14.0. The van der Waals surface area contributed by atoms with E-state index in [4.69, 9.17) is 14.6 Å². The zero-order valence-electron chi connectivity index (χ0n) is 30.4. The molecule has 0 fully saturated rings. The number of anilines is 2. The molecular weight excluding hydrogens is 672 g/mol. The highest BCUT2D eigenvalue weighted by Gasteiger charge is 2.40. The van der Waals surface area contributed by atoms with Gasteiger partial charge in [0, 0.05) is 29.5 Å². The van der Waals surface area contributed by atoms with Crippen molar-refractivity contribution in [1.82, 2.24) is 29.5 Å². The molecule has 0 spiro atoms. The van der Waals surface area contributed by atoms with Crippen LogP contribution in [0, 0.1) is 0 Å². The van der Waals surface area contributed by atoms with Crippen LogP contribution in [-0.2, 0) is 20.7 Å². The highest BCUT2D eigenvalue weighted by Crippen LogP contribution is 2.39. The maximum atomic E-state index is 15.2. The van der Waals surface area contributed by atoms with Crippen LogP contribution in [0.15, 0.2) is 97.2 Å². The molecule has 3 aromatic carbocycles. The fraction of sp³-hybridized carbons (Fsp3) is 0.275. The predicted octanol–water partition coefficient (Wildman–Crippen LogP) is 6.59. The van der Waals surface area contributed by atoms with Crippen molar-refractivity contribution in [1.29, 1.82) is 0 Å². The number of hydrogen-bond acceptors (Lipinski definition) is 9. The van der Waals surface area contributed by atoms with E-state index < -0.39 is 17.6 Å². The molecule has 0 aliphatic carbocycles. The molecule has 1 aliphatic heterocycles. The van der Waals surface area contributed by atoms with Crippen LogP contribution >= 0.6 is 0 Å². The number of nitrogens with zero attached hydrogens (tertiary/aromatic N) is 8. The third kappa shape index (κ3) is 6.73. The van der Waals surface area contributed by atoms with E-state index in [-0.39, 0.29) is 30.8 Å². The zero-order valence-corrected chi connectivity index (χ0v) is 30.4. The Morgan fingerprint density at radius 2 is 1.58 bits per heavy atom. The molecule has 3 aromatic heterocycles. The molecule has 13 heteroatoms. The summed E-state index contributed by atoms with van der Waals surface area (Å²) in [4.78, 5) is 50.4. The van der Waals surface area contributed by atoms with Gasteiger partial charge in [-0.1, -0.05) is 60.7 Å². The minimum atomic E-state index is -0.958. The number of rotatable bonds is 8. The number of carbonyl (C=O) groups is 3. The molecule has 4 heterocycles. The first-order valence-corrected chi connectivity index (χ1v) is 17.4. The van der Waals surface area contributed by atoms with Crippen molar-refractivity contribution in [2.75, 3.05) is 23.5 Å². The van der Waals surface area contributed by atoms with Gasteiger partial charge in [-0.15, -0.1) is 10.2 Å². The monoisotopic (exact) mass is 712 g/mol. The summed E-state index contributed by atoms with van der Waals surface area (Å²) in [6.07, 6.45) is 0.997. The molecule has 0 saturated heterocycles. The van der Waals surface area contributed by atoms with E-state index in [9.17, 15) is 9.59 Å². The molecule has 53 heavy (non-hydrogen) atoms. The third-order valence-electron chi connectivity index (χ3n) is 8.92. The van der Waals surface area contributed by atoms with Crippen molar-refractivity contribution in [2.24, 2.45) is 0 Å². The summed E-state index contributed by atoms with van der Waals surface area (Å²) in [5.74, 6) is -0.300. The zero-order chi connectivity index (χ0) is 37.4. The number of amides is 2. The summed E-state index contributed by atoms with van der Waals surface area (Å²) in [6, 6.07) is 27.6. The fourth-order valence-electron chi connectivity index (χ4n) is 6.67. The topological polar surface area (TPSA) is 138 Å². The van der Waals surface area contributed by atoms with Gasteiger partial charge in [0.2, 0.25) is 17.7 Å². The lowest BCUT2D eigenvalue weighted by Crippen LogP contribution is -2.47. The molecule has 1 aliphatic rings. The lowest BCUT2D eigenvalue weighted by atomic mass is 9.98. The SMILES string of the molecule is COc1ccc(N(C(=O)CN2C(=O)C(Cc3nn(C(=O)OC(C)(C)C)c4ccccc34)c3nnc(-c4ccccc4)n3-c3ccccc32)C(C)C)cn1. The van der Waals surface area contributed by atoms with E-state index in [2.05, 4.69) is 15.2 Å². The Morgan fingerprint density at radius 3 is 2.26 bits per heavy atom. The van der Waals surface area contributed by atoms with E-state index in [1.54, 1.807) is 50.1 Å². The van der Waals surface area contributed by atoms with Gasteiger partial charge in [-0.05, 0) is 58.9 Å². The minimum absolute atomic E-state index is 0.0526. The summed E-state index contributed by atoms with van der Waals surface area (Å²) in [5.41, 5.74) is 2.81. The quantitative estimate of drug-likeness (QED) is 0.171. The van der Waals surface area contributed by atoms with Crippen LogP contribution < -0.4 is 14.5 Å². The highest BCUT2D eigenvalue weighted by molar-refractivity contribution is 6.08. The Bertz CT molecular complexity index is 2310. The maximum absolute atomic E-state index is 15.2. The molecule has 0 radical (unpaired) electrons. The largest absolute Gasteiger partial charge is 0.481 e. The summed E-state index contributed by atoms with van der Waals surface area (Å²) in [6.45, 7) is 8.90. The van der Waals surface area contributed by atoms with Gasteiger partial charge in [-0.25, -0.2) is 9.78 Å². The van der Waals surface area contributed by atoms with Crippen LogP contribution in [0.5, 0.6) is 5.88 Å². The molecule has 0 N–H and O–H groups in total. The number of methoxy groups -OCH3 is 1. The van der Waals surface area contributed by atoms with E-state index in [1.807, 2.05) is 91.2 Å². The van der Waals surface area contributed by atoms with Gasteiger partial charge >= 0.3 is 6.09 Å². The van der Waals surface area contributed by atoms with E-state index in [0.717, 1.165) is 5.56 Å². The first-order valence-electron chi connectivity index (χ1n) is 17.4. The first kappa shape index (κ1) is 35.1. The van der Waals surface area contributed by atoms with Crippen LogP contribution in [0.3, 0.4) is 0 Å². The van der Waals surface area contributed by atoms with Crippen LogP contribution in [-0.4, -0.2) is 72.7 Å². The number of pyridine rings is 1. The predicted molar refractivity (Wildman–Crippen MR) is 200 cm³/mol. The molecule has 270 valence electrons. The second-order valence-electron chi connectivity index (χ2n) is 14.0. The van der Waals surface area contributed by atoms with Crippen LogP contribution in [0.2, 0.25) is 0 Å². The van der Waals surface area contributed by atoms with Gasteiger partial charge in [-0.3, -0.25) is 14.2 Å². The van der Waals surface area contributed by atoms with E-state index in [0.29, 0.717) is 51.2 Å². The molecule has 13 nitrogen and oxygen atoms in total. The Hall–Kier alpha value is -6.37.